The zero-order valence-electron chi connectivity index (χ0n) is 14.0. The van der Waals surface area contributed by atoms with E-state index in [1.54, 1.807) is 13.8 Å². The molecule has 0 bridgehead atoms. The molecule has 0 atom stereocenters. The molecule has 0 heterocycles. The third kappa shape index (κ3) is 12.3. The highest BCUT2D eigenvalue weighted by Gasteiger charge is 2.26. The molecule has 0 unspecified atom stereocenters. The number of unbranched alkanes of at least 4 members (excludes halogenated alkanes) is 2. The summed E-state index contributed by atoms with van der Waals surface area (Å²) in [6.45, 7) is 8.72. The minimum absolute atomic E-state index is 0.362. The molecule has 4 nitrogen and oxygen atoms in total. The van der Waals surface area contributed by atoms with Gasteiger partial charge in [0.25, 0.3) is 6.69 Å². The first-order valence-corrected chi connectivity index (χ1v) is 12.1. The molecule has 0 radical (unpaired) electrons. The fourth-order valence-corrected chi connectivity index (χ4v) is 5.06. The largest absolute Gasteiger partial charge is 0.462 e. The van der Waals surface area contributed by atoms with Crippen molar-refractivity contribution in [3.63, 3.8) is 0 Å². The summed E-state index contributed by atoms with van der Waals surface area (Å²) in [5, 5.41) is 0. The van der Waals surface area contributed by atoms with E-state index in [9.17, 15) is 9.59 Å². The number of carbonyl (C=O) groups is 2. The summed E-state index contributed by atoms with van der Waals surface area (Å²) < 4.78 is 10.0. The van der Waals surface area contributed by atoms with Gasteiger partial charge in [-0.25, -0.2) is 9.59 Å². The molecule has 0 aliphatic rings. The van der Waals surface area contributed by atoms with Gasteiger partial charge in [0.15, 0.2) is 0 Å². The Hall–Kier alpha value is -0.783. The van der Waals surface area contributed by atoms with Crippen molar-refractivity contribution in [1.82, 2.24) is 0 Å². The smallest absolute Gasteiger partial charge is 0.333 e. The van der Waals surface area contributed by atoms with Crippen LogP contribution >= 0.6 is 22.2 Å². The van der Waals surface area contributed by atoms with Gasteiger partial charge in [-0.15, -0.1) is 22.2 Å². The van der Waals surface area contributed by atoms with Crippen molar-refractivity contribution in [3.8, 4) is 0 Å². The van der Waals surface area contributed by atoms with E-state index in [0.717, 1.165) is 37.8 Å². The van der Waals surface area contributed by atoms with Gasteiger partial charge in [0.2, 0.25) is 0 Å². The molecule has 0 amide bonds. The molecule has 0 fully saturated rings. The lowest BCUT2D eigenvalue weighted by molar-refractivity contribution is -0.139. The molecule has 0 rings (SSSR count). The topological polar surface area (TPSA) is 52.6 Å². The Morgan fingerprint density at radius 3 is 1.48 bits per heavy atom. The third-order valence-electron chi connectivity index (χ3n) is 3.04. The summed E-state index contributed by atoms with van der Waals surface area (Å²) in [6, 6.07) is 1.51. The summed E-state index contributed by atoms with van der Waals surface area (Å²) in [4.78, 5) is 22.4. The molecule has 7 heteroatoms. The van der Waals surface area contributed by atoms with Crippen molar-refractivity contribution in [2.45, 2.75) is 51.6 Å². The lowest BCUT2D eigenvalue weighted by Crippen LogP contribution is -2.19. The Morgan fingerprint density at radius 2 is 1.17 bits per heavy atom. The number of halogens is 2. The molecule has 0 spiro atoms. The molecule has 0 N–H and O–H groups in total. The summed E-state index contributed by atoms with van der Waals surface area (Å²) in [6.07, 6.45) is 3.13. The highest BCUT2D eigenvalue weighted by atomic mass is 35.7. The Balaban J connectivity index is 3.68. The van der Waals surface area contributed by atoms with Gasteiger partial charge in [0.05, 0.1) is 13.2 Å². The van der Waals surface area contributed by atoms with Crippen LogP contribution in [0.4, 0.5) is 0 Å². The average molecular weight is 381 g/mol. The van der Waals surface area contributed by atoms with Gasteiger partial charge in [-0.1, -0.05) is 26.0 Å². The first kappa shape index (κ1) is 22.2. The standard InChI is InChI=1S/C16H26Cl2O4Si/c1-13(2)15(19)21-9-5-7-11-23(17,18)12-8-6-10-22-16(20)14(3)4/h1,3,5-12H2,2,4H3. The third-order valence-corrected chi connectivity index (χ3v) is 7.47. The Bertz CT molecular complexity index is 398. The quantitative estimate of drug-likeness (QED) is 0.162. The van der Waals surface area contributed by atoms with E-state index in [4.69, 9.17) is 31.6 Å². The fourth-order valence-electron chi connectivity index (χ4n) is 1.67. The second kappa shape index (κ2) is 11.7. The van der Waals surface area contributed by atoms with E-state index in [2.05, 4.69) is 13.2 Å². The Labute approximate surface area is 149 Å². The van der Waals surface area contributed by atoms with Crippen molar-refractivity contribution < 1.29 is 19.1 Å². The minimum atomic E-state index is -2.27. The summed E-state index contributed by atoms with van der Waals surface area (Å²) in [5.74, 6) is -0.732. The van der Waals surface area contributed by atoms with Crippen LogP contribution in [0, 0.1) is 0 Å². The van der Waals surface area contributed by atoms with Gasteiger partial charge in [-0.3, -0.25) is 0 Å². The molecular formula is C16H26Cl2O4Si. The monoisotopic (exact) mass is 380 g/mol. The molecular weight excluding hydrogens is 355 g/mol. The minimum Gasteiger partial charge on any atom is -0.462 e. The van der Waals surface area contributed by atoms with Gasteiger partial charge in [0, 0.05) is 11.1 Å². The molecule has 0 saturated heterocycles. The summed E-state index contributed by atoms with van der Waals surface area (Å²) >= 11 is 12.8. The SMILES string of the molecule is C=C(C)C(=O)OCCCC[Si](Cl)(Cl)CCCCOC(=O)C(=C)C. The predicted octanol–water partition coefficient (Wildman–Crippen LogP) is 4.71. The van der Waals surface area contributed by atoms with Gasteiger partial charge >= 0.3 is 11.9 Å². The Kier molecular flexibility index (Phi) is 11.3. The molecule has 23 heavy (non-hydrogen) atoms. The molecule has 0 aliphatic carbocycles. The first-order chi connectivity index (χ1) is 10.7. The Morgan fingerprint density at radius 1 is 0.826 bits per heavy atom. The number of esters is 2. The van der Waals surface area contributed by atoms with Crippen LogP contribution in [0.15, 0.2) is 24.3 Å². The van der Waals surface area contributed by atoms with Crippen LogP contribution in [0.1, 0.15) is 39.5 Å². The molecule has 132 valence electrons. The lowest BCUT2D eigenvalue weighted by atomic mass is 10.3. The molecule has 0 aromatic heterocycles. The number of carbonyl (C=O) groups excluding carboxylic acids is 2. The normalized spacial score (nSPS) is 11.0. The van der Waals surface area contributed by atoms with E-state index in [1.807, 2.05) is 0 Å². The molecule has 0 aliphatic heterocycles. The van der Waals surface area contributed by atoms with Crippen LogP contribution in [0.2, 0.25) is 12.1 Å². The highest BCUT2D eigenvalue weighted by molar-refractivity contribution is 7.45. The first-order valence-electron chi connectivity index (χ1n) is 7.69. The van der Waals surface area contributed by atoms with Crippen molar-refractivity contribution in [2.75, 3.05) is 13.2 Å². The van der Waals surface area contributed by atoms with E-state index in [1.165, 1.54) is 0 Å². The summed E-state index contributed by atoms with van der Waals surface area (Å²) in [7, 11) is 0. The predicted molar refractivity (Wildman–Crippen MR) is 97.1 cm³/mol. The van der Waals surface area contributed by atoms with Gasteiger partial charge < -0.3 is 9.47 Å². The molecule has 0 saturated carbocycles. The number of rotatable bonds is 12. The van der Waals surface area contributed by atoms with Crippen LogP contribution in [0.5, 0.6) is 0 Å². The van der Waals surface area contributed by atoms with Crippen LogP contribution < -0.4 is 0 Å². The van der Waals surface area contributed by atoms with Gasteiger partial charge in [0.1, 0.15) is 0 Å². The number of hydrogen-bond acceptors (Lipinski definition) is 4. The van der Waals surface area contributed by atoms with E-state index >= 15 is 0 Å². The van der Waals surface area contributed by atoms with Crippen molar-refractivity contribution in [2.24, 2.45) is 0 Å². The lowest BCUT2D eigenvalue weighted by Gasteiger charge is -2.16. The van der Waals surface area contributed by atoms with Crippen molar-refractivity contribution in [1.29, 1.82) is 0 Å². The number of ether oxygens (including phenoxy) is 2. The second-order valence-corrected chi connectivity index (χ2v) is 13.2. The molecule has 0 aromatic rings. The van der Waals surface area contributed by atoms with Crippen LogP contribution in [0.25, 0.3) is 0 Å². The average Bonchev–Trinajstić information content (AvgIpc) is 2.45. The van der Waals surface area contributed by atoms with E-state index in [0.29, 0.717) is 24.4 Å². The highest BCUT2D eigenvalue weighted by Crippen LogP contribution is 2.29. The zero-order chi connectivity index (χ0) is 17.9. The second-order valence-electron chi connectivity index (χ2n) is 5.60. The zero-order valence-corrected chi connectivity index (χ0v) is 16.5. The fraction of sp³-hybridized carbons (Fsp3) is 0.625. The summed E-state index contributed by atoms with van der Waals surface area (Å²) in [5.41, 5.74) is 0.798. The van der Waals surface area contributed by atoms with Crippen LogP contribution in [-0.2, 0) is 19.1 Å². The maximum Gasteiger partial charge on any atom is 0.333 e. The number of hydrogen-bond donors (Lipinski definition) is 0. The van der Waals surface area contributed by atoms with E-state index in [-0.39, 0.29) is 11.9 Å². The van der Waals surface area contributed by atoms with Crippen molar-refractivity contribution in [3.05, 3.63) is 24.3 Å². The maximum absolute atomic E-state index is 11.2. The van der Waals surface area contributed by atoms with E-state index < -0.39 is 6.69 Å². The molecule has 0 aromatic carbocycles. The maximum atomic E-state index is 11.2. The van der Waals surface area contributed by atoms with Gasteiger partial charge in [-0.05, 0) is 38.8 Å². The van der Waals surface area contributed by atoms with Crippen LogP contribution in [0.3, 0.4) is 0 Å². The van der Waals surface area contributed by atoms with Crippen molar-refractivity contribution >= 4 is 40.8 Å². The van der Waals surface area contributed by atoms with Crippen LogP contribution in [-0.4, -0.2) is 31.8 Å². The van der Waals surface area contributed by atoms with Gasteiger partial charge in [-0.2, -0.15) is 0 Å².